The van der Waals surface area contributed by atoms with Crippen molar-refractivity contribution in [2.75, 3.05) is 18.5 Å². The molecule has 0 aliphatic heterocycles. The standard InChI is InChI=1S/C17H14FN3O5S/c18-13-3-7-15(8-4-13)27(24,25)20-10-17(23)26-11-16(22)21-14-5-1-12(9-19)2-6-14/h1-8,20H,10-11H2,(H,21,22). The number of nitrogens with zero attached hydrogens (tertiary/aromatic N) is 1. The zero-order valence-electron chi connectivity index (χ0n) is 13.8. The van der Waals surface area contributed by atoms with Gasteiger partial charge in [0.1, 0.15) is 12.4 Å². The van der Waals surface area contributed by atoms with E-state index in [0.717, 1.165) is 24.3 Å². The highest BCUT2D eigenvalue weighted by molar-refractivity contribution is 7.89. The van der Waals surface area contributed by atoms with Crippen LogP contribution in [0.2, 0.25) is 0 Å². The summed E-state index contributed by atoms with van der Waals surface area (Å²) >= 11 is 0. The van der Waals surface area contributed by atoms with Crippen LogP contribution >= 0.6 is 0 Å². The van der Waals surface area contributed by atoms with E-state index in [1.807, 2.05) is 10.8 Å². The lowest BCUT2D eigenvalue weighted by Crippen LogP contribution is -2.32. The van der Waals surface area contributed by atoms with Gasteiger partial charge < -0.3 is 10.1 Å². The fourth-order valence-electron chi connectivity index (χ4n) is 1.87. The molecule has 0 heterocycles. The summed E-state index contributed by atoms with van der Waals surface area (Å²) in [7, 11) is -4.01. The van der Waals surface area contributed by atoms with Gasteiger partial charge in [0, 0.05) is 5.69 Å². The molecular weight excluding hydrogens is 377 g/mol. The van der Waals surface area contributed by atoms with Crippen molar-refractivity contribution in [3.63, 3.8) is 0 Å². The molecule has 0 atom stereocenters. The minimum Gasteiger partial charge on any atom is -0.455 e. The molecule has 1 amide bonds. The molecule has 0 saturated heterocycles. The number of anilines is 1. The Morgan fingerprint density at radius 1 is 1.07 bits per heavy atom. The monoisotopic (exact) mass is 391 g/mol. The molecule has 0 saturated carbocycles. The maximum Gasteiger partial charge on any atom is 0.321 e. The maximum absolute atomic E-state index is 12.8. The summed E-state index contributed by atoms with van der Waals surface area (Å²) in [5, 5.41) is 11.1. The van der Waals surface area contributed by atoms with Crippen LogP contribution in [0.25, 0.3) is 0 Å². The molecule has 0 unspecified atom stereocenters. The van der Waals surface area contributed by atoms with Gasteiger partial charge in [-0.1, -0.05) is 0 Å². The lowest BCUT2D eigenvalue weighted by Gasteiger charge is -2.08. The second-order valence-electron chi connectivity index (χ2n) is 5.18. The average molecular weight is 391 g/mol. The van der Waals surface area contributed by atoms with E-state index in [-0.39, 0.29) is 4.90 Å². The Bertz CT molecular complexity index is 967. The molecular formula is C17H14FN3O5S. The Morgan fingerprint density at radius 2 is 1.70 bits per heavy atom. The van der Waals surface area contributed by atoms with Crippen molar-refractivity contribution >= 4 is 27.6 Å². The van der Waals surface area contributed by atoms with Gasteiger partial charge in [-0.15, -0.1) is 0 Å². The number of nitriles is 1. The number of halogens is 1. The molecule has 2 aromatic carbocycles. The highest BCUT2D eigenvalue weighted by Crippen LogP contribution is 2.10. The molecule has 10 heteroatoms. The summed E-state index contributed by atoms with van der Waals surface area (Å²) < 4.78 is 43.4. The predicted molar refractivity (Wildman–Crippen MR) is 92.3 cm³/mol. The molecule has 0 spiro atoms. The molecule has 0 fully saturated rings. The Labute approximate surface area is 154 Å². The third kappa shape index (κ3) is 6.18. The molecule has 0 aromatic heterocycles. The fraction of sp³-hybridized carbons (Fsp3) is 0.118. The van der Waals surface area contributed by atoms with E-state index in [1.54, 1.807) is 0 Å². The lowest BCUT2D eigenvalue weighted by atomic mass is 10.2. The first-order valence-corrected chi connectivity index (χ1v) is 8.99. The van der Waals surface area contributed by atoms with Gasteiger partial charge in [-0.05, 0) is 48.5 Å². The first-order chi connectivity index (χ1) is 12.8. The van der Waals surface area contributed by atoms with Gasteiger partial charge in [0.25, 0.3) is 5.91 Å². The molecule has 0 bridgehead atoms. The number of sulfonamides is 1. The zero-order chi connectivity index (χ0) is 19.9. The van der Waals surface area contributed by atoms with Gasteiger partial charge in [-0.25, -0.2) is 12.8 Å². The van der Waals surface area contributed by atoms with Crippen LogP contribution in [0, 0.1) is 17.1 Å². The number of benzene rings is 2. The molecule has 2 aromatic rings. The van der Waals surface area contributed by atoms with Crippen LogP contribution in [0.4, 0.5) is 10.1 Å². The van der Waals surface area contributed by atoms with Crippen LogP contribution in [-0.4, -0.2) is 33.4 Å². The second kappa shape index (κ2) is 8.88. The third-order valence-corrected chi connectivity index (χ3v) is 4.61. The van der Waals surface area contributed by atoms with Crippen LogP contribution < -0.4 is 10.0 Å². The number of carbonyl (C=O) groups is 2. The van der Waals surface area contributed by atoms with Crippen molar-refractivity contribution in [2.45, 2.75) is 4.90 Å². The number of amides is 1. The van der Waals surface area contributed by atoms with E-state index in [2.05, 4.69) is 10.1 Å². The number of hydrogen-bond donors (Lipinski definition) is 2. The van der Waals surface area contributed by atoms with Crippen LogP contribution in [0.3, 0.4) is 0 Å². The number of esters is 1. The summed E-state index contributed by atoms with van der Waals surface area (Å²) in [6, 6.07) is 12.0. The SMILES string of the molecule is N#Cc1ccc(NC(=O)COC(=O)CNS(=O)(=O)c2ccc(F)cc2)cc1. The highest BCUT2D eigenvalue weighted by atomic mass is 32.2. The number of ether oxygens (including phenoxy) is 1. The first kappa shape index (κ1) is 20.0. The van der Waals surface area contributed by atoms with Gasteiger partial charge in [-0.3, -0.25) is 9.59 Å². The van der Waals surface area contributed by atoms with Crippen LogP contribution in [0.5, 0.6) is 0 Å². The normalized spacial score (nSPS) is 10.7. The van der Waals surface area contributed by atoms with E-state index < -0.39 is 40.9 Å². The topological polar surface area (TPSA) is 125 Å². The predicted octanol–water partition coefficient (Wildman–Crippen LogP) is 1.16. The van der Waals surface area contributed by atoms with Crippen molar-refractivity contribution < 1.29 is 27.1 Å². The molecule has 140 valence electrons. The lowest BCUT2D eigenvalue weighted by molar-refractivity contribution is -0.146. The van der Waals surface area contributed by atoms with E-state index in [4.69, 9.17) is 5.26 Å². The average Bonchev–Trinajstić information content (AvgIpc) is 2.66. The molecule has 2 rings (SSSR count). The largest absolute Gasteiger partial charge is 0.455 e. The highest BCUT2D eigenvalue weighted by Gasteiger charge is 2.16. The quantitative estimate of drug-likeness (QED) is 0.682. The van der Waals surface area contributed by atoms with Gasteiger partial charge >= 0.3 is 5.97 Å². The van der Waals surface area contributed by atoms with Crippen LogP contribution in [-0.2, 0) is 24.3 Å². The molecule has 0 radical (unpaired) electrons. The Balaban J connectivity index is 1.79. The van der Waals surface area contributed by atoms with Crippen molar-refractivity contribution in [2.24, 2.45) is 0 Å². The third-order valence-electron chi connectivity index (χ3n) is 3.19. The summed E-state index contributed by atoms with van der Waals surface area (Å²) in [4.78, 5) is 23.1. The van der Waals surface area contributed by atoms with Crippen LogP contribution in [0.1, 0.15) is 5.56 Å². The Morgan fingerprint density at radius 3 is 2.30 bits per heavy atom. The van der Waals surface area contributed by atoms with Crippen molar-refractivity contribution in [3.8, 4) is 6.07 Å². The van der Waals surface area contributed by atoms with E-state index in [1.165, 1.54) is 24.3 Å². The Hall–Kier alpha value is -3.29. The fourth-order valence-corrected chi connectivity index (χ4v) is 2.84. The minimum atomic E-state index is -4.01. The van der Waals surface area contributed by atoms with Crippen molar-refractivity contribution in [1.29, 1.82) is 5.26 Å². The summed E-state index contributed by atoms with van der Waals surface area (Å²) in [5.41, 5.74) is 0.833. The molecule has 27 heavy (non-hydrogen) atoms. The Kier molecular flexibility index (Phi) is 6.59. The van der Waals surface area contributed by atoms with Gasteiger partial charge in [0.05, 0.1) is 16.5 Å². The van der Waals surface area contributed by atoms with E-state index in [9.17, 15) is 22.4 Å². The van der Waals surface area contributed by atoms with E-state index >= 15 is 0 Å². The van der Waals surface area contributed by atoms with Crippen molar-refractivity contribution in [3.05, 3.63) is 59.9 Å². The van der Waals surface area contributed by atoms with Gasteiger partial charge in [0.15, 0.2) is 6.61 Å². The summed E-state index contributed by atoms with van der Waals surface area (Å²) in [5.74, 6) is -2.19. The molecule has 8 nitrogen and oxygen atoms in total. The van der Waals surface area contributed by atoms with Gasteiger partial charge in [-0.2, -0.15) is 9.98 Å². The second-order valence-corrected chi connectivity index (χ2v) is 6.94. The minimum absolute atomic E-state index is 0.213. The molecule has 2 N–H and O–H groups in total. The zero-order valence-corrected chi connectivity index (χ0v) is 14.6. The van der Waals surface area contributed by atoms with Crippen LogP contribution in [0.15, 0.2) is 53.4 Å². The summed E-state index contributed by atoms with van der Waals surface area (Å²) in [6.45, 7) is -1.30. The first-order valence-electron chi connectivity index (χ1n) is 7.51. The number of nitrogens with one attached hydrogen (secondary N) is 2. The van der Waals surface area contributed by atoms with Gasteiger partial charge in [0.2, 0.25) is 10.0 Å². The number of hydrogen-bond acceptors (Lipinski definition) is 6. The number of rotatable bonds is 7. The smallest absolute Gasteiger partial charge is 0.321 e. The summed E-state index contributed by atoms with van der Waals surface area (Å²) in [6.07, 6.45) is 0. The molecule has 0 aliphatic carbocycles. The number of carbonyl (C=O) groups excluding carboxylic acids is 2. The van der Waals surface area contributed by atoms with E-state index in [0.29, 0.717) is 11.3 Å². The van der Waals surface area contributed by atoms with Crippen molar-refractivity contribution in [1.82, 2.24) is 4.72 Å². The molecule has 0 aliphatic rings. The maximum atomic E-state index is 12.8.